The zero-order valence-corrected chi connectivity index (χ0v) is 18.1. The molecule has 23 heavy (non-hydrogen) atoms. The van der Waals surface area contributed by atoms with Crippen molar-refractivity contribution in [2.24, 2.45) is 5.92 Å². The fraction of sp³-hybridized carbons (Fsp3) is 0.810. The molecule has 0 N–H and O–H groups in total. The average molecular weight is 337 g/mol. The molecule has 0 aliphatic rings. The Morgan fingerprint density at radius 2 is 1.48 bits per heavy atom. The number of terminal acetylenes is 1. The van der Waals surface area contributed by atoms with Crippen LogP contribution in [0.15, 0.2) is 11.6 Å². The zero-order chi connectivity index (χ0) is 18.2. The summed E-state index contributed by atoms with van der Waals surface area (Å²) >= 11 is 0. The highest BCUT2D eigenvalue weighted by Gasteiger charge is 2.46. The first-order chi connectivity index (χ1) is 10.6. The highest BCUT2D eigenvalue weighted by atomic mass is 28.4. The number of hydrogen-bond donors (Lipinski definition) is 0. The van der Waals surface area contributed by atoms with Gasteiger partial charge in [-0.25, -0.2) is 0 Å². The summed E-state index contributed by atoms with van der Waals surface area (Å²) in [7, 11) is -1.88. The van der Waals surface area contributed by atoms with Gasteiger partial charge in [0.2, 0.25) is 8.32 Å². The van der Waals surface area contributed by atoms with Gasteiger partial charge in [0.25, 0.3) is 0 Å². The lowest BCUT2D eigenvalue weighted by Crippen LogP contribution is -2.50. The molecule has 2 atom stereocenters. The Bertz CT molecular complexity index is 375. The molecule has 0 rings (SSSR count). The molecule has 0 amide bonds. The first kappa shape index (κ1) is 22.5. The summed E-state index contributed by atoms with van der Waals surface area (Å²) in [6.45, 7) is 20.5. The second-order valence-corrected chi connectivity index (χ2v) is 13.7. The minimum absolute atomic E-state index is 0.0319. The molecule has 0 aromatic rings. The maximum atomic E-state index is 6.76. The summed E-state index contributed by atoms with van der Waals surface area (Å²) in [5, 5.41) is 0. The van der Waals surface area contributed by atoms with E-state index in [4.69, 9.17) is 10.8 Å². The van der Waals surface area contributed by atoms with Gasteiger partial charge in [-0.3, -0.25) is 0 Å². The van der Waals surface area contributed by atoms with E-state index in [9.17, 15) is 0 Å². The second-order valence-electron chi connectivity index (χ2n) is 8.29. The molecule has 0 aromatic carbocycles. The van der Waals surface area contributed by atoms with Crippen LogP contribution in [0.5, 0.6) is 0 Å². The van der Waals surface area contributed by atoms with Crippen molar-refractivity contribution in [2.75, 3.05) is 0 Å². The molecule has 0 radical (unpaired) electrons. The maximum absolute atomic E-state index is 6.76. The molecule has 0 fully saturated rings. The van der Waals surface area contributed by atoms with Gasteiger partial charge in [-0.2, -0.15) is 0 Å². The molecule has 0 aromatic heterocycles. The van der Waals surface area contributed by atoms with E-state index in [-0.39, 0.29) is 6.10 Å². The van der Waals surface area contributed by atoms with Crippen LogP contribution in [-0.4, -0.2) is 14.4 Å². The normalized spacial score (nSPS) is 14.9. The predicted molar refractivity (Wildman–Crippen MR) is 107 cm³/mol. The lowest BCUT2D eigenvalue weighted by Gasteiger charge is -2.44. The van der Waals surface area contributed by atoms with E-state index in [1.54, 1.807) is 0 Å². The summed E-state index contributed by atoms with van der Waals surface area (Å²) in [6, 6.07) is 0. The van der Waals surface area contributed by atoms with Crippen molar-refractivity contribution in [1.29, 1.82) is 0 Å². The molecule has 0 aliphatic heterocycles. The quantitative estimate of drug-likeness (QED) is 0.238. The van der Waals surface area contributed by atoms with E-state index in [1.165, 1.54) is 12.0 Å². The molecular formula is C21H40OSi. The van der Waals surface area contributed by atoms with Gasteiger partial charge in [0.1, 0.15) is 6.10 Å². The van der Waals surface area contributed by atoms with Crippen LogP contribution in [0, 0.1) is 18.3 Å². The largest absolute Gasteiger partial charge is 0.402 e. The minimum Gasteiger partial charge on any atom is -0.402 e. The van der Waals surface area contributed by atoms with E-state index in [0.29, 0.717) is 22.5 Å². The van der Waals surface area contributed by atoms with Gasteiger partial charge < -0.3 is 4.43 Å². The van der Waals surface area contributed by atoms with Crippen LogP contribution in [-0.2, 0) is 4.43 Å². The van der Waals surface area contributed by atoms with Crippen molar-refractivity contribution >= 4 is 8.32 Å². The molecule has 0 saturated carbocycles. The van der Waals surface area contributed by atoms with Crippen LogP contribution < -0.4 is 0 Å². The van der Waals surface area contributed by atoms with E-state index in [2.05, 4.69) is 74.3 Å². The molecular weight excluding hydrogens is 296 g/mol. The Morgan fingerprint density at radius 3 is 1.83 bits per heavy atom. The van der Waals surface area contributed by atoms with Crippen molar-refractivity contribution < 1.29 is 4.43 Å². The summed E-state index contributed by atoms with van der Waals surface area (Å²) in [5.74, 6) is 3.55. The van der Waals surface area contributed by atoms with Gasteiger partial charge in [0, 0.05) is 0 Å². The van der Waals surface area contributed by atoms with Crippen LogP contribution in [0.25, 0.3) is 0 Å². The Kier molecular flexibility index (Phi) is 10.1. The van der Waals surface area contributed by atoms with Crippen LogP contribution in [0.1, 0.15) is 81.6 Å². The number of rotatable bonds is 10. The Balaban J connectivity index is 4.96. The van der Waals surface area contributed by atoms with Crippen LogP contribution >= 0.6 is 0 Å². The van der Waals surface area contributed by atoms with E-state index in [1.807, 2.05) is 0 Å². The Labute approximate surface area is 147 Å². The predicted octanol–water partition coefficient (Wildman–Crippen LogP) is 6.95. The van der Waals surface area contributed by atoms with Crippen molar-refractivity contribution in [3.05, 3.63) is 11.6 Å². The lowest BCUT2D eigenvalue weighted by molar-refractivity contribution is 0.193. The van der Waals surface area contributed by atoms with Gasteiger partial charge >= 0.3 is 0 Å². The number of allylic oxidation sites excluding steroid dienone is 2. The smallest absolute Gasteiger partial charge is 0.202 e. The molecule has 0 aliphatic carbocycles. The summed E-state index contributed by atoms with van der Waals surface area (Å²) in [4.78, 5) is 0. The molecule has 0 saturated heterocycles. The zero-order valence-electron chi connectivity index (χ0n) is 17.1. The van der Waals surface area contributed by atoms with Gasteiger partial charge in [-0.1, -0.05) is 66.0 Å². The van der Waals surface area contributed by atoms with E-state index in [0.717, 1.165) is 12.8 Å². The van der Waals surface area contributed by atoms with Crippen LogP contribution in [0.2, 0.25) is 16.6 Å². The van der Waals surface area contributed by atoms with Crippen molar-refractivity contribution in [3.63, 3.8) is 0 Å². The van der Waals surface area contributed by atoms with Gasteiger partial charge in [-0.05, 0) is 55.7 Å². The van der Waals surface area contributed by atoms with E-state index < -0.39 is 8.32 Å². The summed E-state index contributed by atoms with van der Waals surface area (Å²) in [6.07, 6.45) is 11.4. The monoisotopic (exact) mass is 336 g/mol. The molecule has 0 bridgehead atoms. The topological polar surface area (TPSA) is 9.23 Å². The first-order valence-corrected chi connectivity index (χ1v) is 11.5. The third kappa shape index (κ3) is 6.85. The summed E-state index contributed by atoms with van der Waals surface area (Å²) in [5.41, 5.74) is 3.14. The van der Waals surface area contributed by atoms with Crippen molar-refractivity contribution in [1.82, 2.24) is 0 Å². The number of hydrogen-bond acceptors (Lipinski definition) is 1. The highest BCUT2D eigenvalue weighted by Crippen LogP contribution is 2.43. The van der Waals surface area contributed by atoms with Crippen molar-refractivity contribution in [2.45, 2.75) is 104 Å². The van der Waals surface area contributed by atoms with Crippen molar-refractivity contribution in [3.8, 4) is 12.3 Å². The average Bonchev–Trinajstić information content (AvgIpc) is 2.41. The molecule has 134 valence electrons. The fourth-order valence-corrected chi connectivity index (χ4v) is 9.42. The molecule has 0 heterocycles. The highest BCUT2D eigenvalue weighted by molar-refractivity contribution is 6.77. The van der Waals surface area contributed by atoms with Gasteiger partial charge in [-0.15, -0.1) is 6.42 Å². The van der Waals surface area contributed by atoms with Gasteiger partial charge in [0.15, 0.2) is 0 Å². The standard InChI is InChI=1S/C21H40OSi/c1-11-21(15-20(10)14-12-13-16(2)3)22-23(17(4)5,18(6)7)19(8)9/h1,13,17-21H,12,14-15H2,2-10H3/t20-,21-/m0/s1. The van der Waals surface area contributed by atoms with Crippen LogP contribution in [0.4, 0.5) is 0 Å². The third-order valence-corrected chi connectivity index (χ3v) is 11.2. The molecule has 2 heteroatoms. The maximum Gasteiger partial charge on any atom is 0.202 e. The Morgan fingerprint density at radius 1 is 1.00 bits per heavy atom. The lowest BCUT2D eigenvalue weighted by atomic mass is 9.98. The minimum atomic E-state index is -1.88. The molecule has 0 spiro atoms. The third-order valence-electron chi connectivity index (χ3n) is 5.07. The first-order valence-electron chi connectivity index (χ1n) is 9.35. The molecule has 1 nitrogen and oxygen atoms in total. The van der Waals surface area contributed by atoms with Crippen LogP contribution in [0.3, 0.4) is 0 Å². The summed E-state index contributed by atoms with van der Waals surface area (Å²) < 4.78 is 6.76. The second kappa shape index (κ2) is 10.4. The molecule has 0 unspecified atom stereocenters. The van der Waals surface area contributed by atoms with Gasteiger partial charge in [0.05, 0.1) is 0 Å². The fourth-order valence-electron chi connectivity index (χ4n) is 3.94. The van der Waals surface area contributed by atoms with E-state index >= 15 is 0 Å². The SMILES string of the molecule is C#C[C@@H](C[C@@H](C)CCC=C(C)C)O[Si](C(C)C)(C(C)C)C(C)C. The Hall–Kier alpha value is -0.523.